The average molecular weight is 392 g/mol. The summed E-state index contributed by atoms with van der Waals surface area (Å²) in [7, 11) is 2.00. The predicted octanol–water partition coefficient (Wildman–Crippen LogP) is 4.93. The Balaban J connectivity index is 2.48. The second kappa shape index (κ2) is 5.90. The molecule has 1 atom stereocenters. The molecule has 2 rings (SSSR count). The molecule has 0 saturated heterocycles. The van der Waals surface area contributed by atoms with Crippen LogP contribution in [0.15, 0.2) is 23.6 Å². The fraction of sp³-hybridized carbons (Fsp3) is 0.286. The van der Waals surface area contributed by atoms with Gasteiger partial charge in [-0.2, -0.15) is 0 Å². The minimum Gasteiger partial charge on any atom is -0.309 e. The number of hydrogen-bond acceptors (Lipinski definition) is 2. The van der Waals surface area contributed by atoms with Crippen molar-refractivity contribution in [3.63, 3.8) is 0 Å². The fourth-order valence-corrected chi connectivity index (χ4v) is 3.71. The van der Waals surface area contributed by atoms with Crippen LogP contribution in [0.3, 0.4) is 0 Å². The Morgan fingerprint density at radius 2 is 1.94 bits per heavy atom. The molecule has 0 amide bonds. The highest BCUT2D eigenvalue weighted by atomic mass is 127. The zero-order valence-corrected chi connectivity index (χ0v) is 14.3. The standard InChI is InChI=1S/C14H15ClINS/c1-8-5-12(15)9(2)4-11(8)14(17-3)10-6-13(16)18-7-10/h4-7,14,17H,1-3H3. The Morgan fingerprint density at radius 3 is 2.50 bits per heavy atom. The maximum absolute atomic E-state index is 6.16. The molecule has 1 aromatic heterocycles. The minimum absolute atomic E-state index is 0.237. The van der Waals surface area contributed by atoms with Crippen LogP contribution in [-0.4, -0.2) is 7.05 Å². The van der Waals surface area contributed by atoms with Gasteiger partial charge in [0.1, 0.15) is 0 Å². The number of aryl methyl sites for hydroxylation is 2. The summed E-state index contributed by atoms with van der Waals surface area (Å²) >= 11 is 10.3. The number of rotatable bonds is 3. The number of hydrogen-bond donors (Lipinski definition) is 1. The van der Waals surface area contributed by atoms with Crippen molar-refractivity contribution in [2.24, 2.45) is 0 Å². The first-order chi connectivity index (χ1) is 8.52. The number of nitrogens with one attached hydrogen (secondary N) is 1. The van der Waals surface area contributed by atoms with Crippen LogP contribution in [0, 0.1) is 16.7 Å². The van der Waals surface area contributed by atoms with E-state index in [-0.39, 0.29) is 6.04 Å². The van der Waals surface area contributed by atoms with Gasteiger partial charge >= 0.3 is 0 Å². The van der Waals surface area contributed by atoms with Crippen LogP contribution < -0.4 is 5.32 Å². The largest absolute Gasteiger partial charge is 0.309 e. The van der Waals surface area contributed by atoms with Gasteiger partial charge in [0.25, 0.3) is 0 Å². The highest BCUT2D eigenvalue weighted by Crippen LogP contribution is 2.31. The van der Waals surface area contributed by atoms with Gasteiger partial charge in [-0.25, -0.2) is 0 Å². The SMILES string of the molecule is CNC(c1csc(I)c1)c1cc(C)c(Cl)cc1C. The van der Waals surface area contributed by atoms with E-state index in [2.05, 4.69) is 59.3 Å². The first-order valence-electron chi connectivity index (χ1n) is 5.70. The molecule has 2 aromatic rings. The zero-order chi connectivity index (χ0) is 13.3. The second-order valence-corrected chi connectivity index (χ2v) is 7.58. The van der Waals surface area contributed by atoms with E-state index in [0.29, 0.717) is 0 Å². The maximum atomic E-state index is 6.16. The molecule has 1 unspecified atom stereocenters. The van der Waals surface area contributed by atoms with Gasteiger partial charge in [0.05, 0.1) is 8.93 Å². The van der Waals surface area contributed by atoms with Gasteiger partial charge < -0.3 is 5.32 Å². The molecule has 0 saturated carbocycles. The van der Waals surface area contributed by atoms with Gasteiger partial charge in [-0.05, 0) is 83.3 Å². The molecule has 0 fully saturated rings. The summed E-state index contributed by atoms with van der Waals surface area (Å²) in [5.74, 6) is 0. The van der Waals surface area contributed by atoms with Crippen molar-refractivity contribution in [3.8, 4) is 0 Å². The van der Waals surface area contributed by atoms with Crippen LogP contribution in [0.4, 0.5) is 0 Å². The van der Waals surface area contributed by atoms with E-state index in [1.165, 1.54) is 19.6 Å². The molecule has 96 valence electrons. The summed E-state index contributed by atoms with van der Waals surface area (Å²) in [4.78, 5) is 0. The van der Waals surface area contributed by atoms with Crippen molar-refractivity contribution in [1.82, 2.24) is 5.32 Å². The van der Waals surface area contributed by atoms with Gasteiger partial charge in [-0.3, -0.25) is 0 Å². The van der Waals surface area contributed by atoms with Crippen LogP contribution in [0.5, 0.6) is 0 Å². The monoisotopic (exact) mass is 391 g/mol. The highest BCUT2D eigenvalue weighted by Gasteiger charge is 2.16. The number of benzene rings is 1. The van der Waals surface area contributed by atoms with Crippen molar-refractivity contribution in [1.29, 1.82) is 0 Å². The smallest absolute Gasteiger partial charge is 0.0656 e. The Labute approximate surface area is 131 Å². The summed E-state index contributed by atoms with van der Waals surface area (Å²) < 4.78 is 1.31. The van der Waals surface area contributed by atoms with E-state index in [4.69, 9.17) is 11.6 Å². The Morgan fingerprint density at radius 1 is 1.22 bits per heavy atom. The summed E-state index contributed by atoms with van der Waals surface area (Å²) in [5.41, 5.74) is 4.97. The van der Waals surface area contributed by atoms with E-state index in [9.17, 15) is 0 Å². The lowest BCUT2D eigenvalue weighted by molar-refractivity contribution is 0.689. The fourth-order valence-electron chi connectivity index (χ4n) is 2.09. The third kappa shape index (κ3) is 2.90. The Bertz CT molecular complexity index is 565. The van der Waals surface area contributed by atoms with Crippen molar-refractivity contribution in [3.05, 3.63) is 53.7 Å². The lowest BCUT2D eigenvalue weighted by Gasteiger charge is -2.19. The van der Waals surface area contributed by atoms with Crippen molar-refractivity contribution >= 4 is 45.5 Å². The predicted molar refractivity (Wildman–Crippen MR) is 88.9 cm³/mol. The van der Waals surface area contributed by atoms with E-state index < -0.39 is 0 Å². The number of halogens is 2. The van der Waals surface area contributed by atoms with Gasteiger partial charge in [0, 0.05) is 5.02 Å². The van der Waals surface area contributed by atoms with E-state index in [1.54, 1.807) is 11.3 Å². The first-order valence-corrected chi connectivity index (χ1v) is 8.04. The molecule has 18 heavy (non-hydrogen) atoms. The van der Waals surface area contributed by atoms with Crippen LogP contribution >= 0.6 is 45.5 Å². The van der Waals surface area contributed by atoms with Crippen molar-refractivity contribution < 1.29 is 0 Å². The van der Waals surface area contributed by atoms with E-state index in [0.717, 1.165) is 10.6 Å². The zero-order valence-electron chi connectivity index (χ0n) is 10.6. The van der Waals surface area contributed by atoms with Crippen LogP contribution in [-0.2, 0) is 0 Å². The van der Waals surface area contributed by atoms with Gasteiger partial charge in [0.15, 0.2) is 0 Å². The molecule has 1 aromatic carbocycles. The summed E-state index contributed by atoms with van der Waals surface area (Å²) in [6.07, 6.45) is 0. The second-order valence-electron chi connectivity index (χ2n) is 4.36. The van der Waals surface area contributed by atoms with Crippen LogP contribution in [0.25, 0.3) is 0 Å². The maximum Gasteiger partial charge on any atom is 0.0656 e. The molecule has 1 heterocycles. The third-order valence-corrected chi connectivity index (χ3v) is 5.28. The molecule has 4 heteroatoms. The lowest BCUT2D eigenvalue weighted by atomic mass is 9.95. The highest BCUT2D eigenvalue weighted by molar-refractivity contribution is 14.1. The van der Waals surface area contributed by atoms with Gasteiger partial charge in [-0.15, -0.1) is 11.3 Å². The molecular weight excluding hydrogens is 377 g/mol. The first kappa shape index (κ1) is 14.3. The van der Waals surface area contributed by atoms with Crippen LogP contribution in [0.1, 0.15) is 28.3 Å². The lowest BCUT2D eigenvalue weighted by Crippen LogP contribution is -2.18. The van der Waals surface area contributed by atoms with Gasteiger partial charge in [0.2, 0.25) is 0 Å². The molecule has 1 N–H and O–H groups in total. The molecule has 0 aliphatic heterocycles. The molecule has 0 aliphatic carbocycles. The minimum atomic E-state index is 0.237. The third-order valence-electron chi connectivity index (χ3n) is 3.07. The Kier molecular flexibility index (Phi) is 4.69. The molecule has 0 spiro atoms. The summed E-state index contributed by atoms with van der Waals surface area (Å²) in [5, 5.41) is 6.45. The van der Waals surface area contributed by atoms with Gasteiger partial charge in [-0.1, -0.05) is 17.7 Å². The molecular formula is C14H15ClINS. The van der Waals surface area contributed by atoms with E-state index >= 15 is 0 Å². The Hall–Kier alpha value is -0.100. The quantitative estimate of drug-likeness (QED) is 0.731. The van der Waals surface area contributed by atoms with Crippen molar-refractivity contribution in [2.75, 3.05) is 7.05 Å². The molecule has 0 bridgehead atoms. The van der Waals surface area contributed by atoms with E-state index in [1.807, 2.05) is 13.1 Å². The molecule has 0 aliphatic rings. The average Bonchev–Trinajstić information content (AvgIpc) is 2.73. The topological polar surface area (TPSA) is 12.0 Å². The van der Waals surface area contributed by atoms with Crippen molar-refractivity contribution in [2.45, 2.75) is 19.9 Å². The summed E-state index contributed by atoms with van der Waals surface area (Å²) in [6.45, 7) is 4.16. The molecule has 1 nitrogen and oxygen atoms in total. The summed E-state index contributed by atoms with van der Waals surface area (Å²) in [6, 6.07) is 6.70. The normalized spacial score (nSPS) is 12.7. The number of thiophene rings is 1. The van der Waals surface area contributed by atoms with Crippen LogP contribution in [0.2, 0.25) is 5.02 Å². The molecule has 0 radical (unpaired) electrons.